The van der Waals surface area contributed by atoms with Gasteiger partial charge in [0.25, 0.3) is 0 Å². The van der Waals surface area contributed by atoms with Gasteiger partial charge in [0.05, 0.1) is 4.34 Å². The number of halogens is 1. The first-order valence-electron chi connectivity index (χ1n) is 8.70. The predicted molar refractivity (Wildman–Crippen MR) is 97.8 cm³/mol. The molecule has 0 aromatic carbocycles. The molecular formula is C17H23ClN4O2S. The molecule has 1 fully saturated rings. The molecule has 8 heteroatoms. The van der Waals surface area contributed by atoms with Crippen LogP contribution in [0.1, 0.15) is 36.4 Å². The summed E-state index contributed by atoms with van der Waals surface area (Å²) in [4.78, 5) is 22.2. The second-order valence-electron chi connectivity index (χ2n) is 6.22. The van der Waals surface area contributed by atoms with Gasteiger partial charge in [0.2, 0.25) is 11.8 Å². The maximum absolute atomic E-state index is 12.4. The van der Waals surface area contributed by atoms with Crippen LogP contribution in [0.5, 0.6) is 0 Å². The van der Waals surface area contributed by atoms with E-state index in [1.807, 2.05) is 11.0 Å². The summed E-state index contributed by atoms with van der Waals surface area (Å²) in [5, 5.41) is 3.92. The van der Waals surface area contributed by atoms with Crippen molar-refractivity contribution < 1.29 is 9.32 Å². The molecule has 1 aliphatic heterocycles. The molecule has 25 heavy (non-hydrogen) atoms. The fraction of sp³-hybridized carbons (Fsp3) is 0.588. The van der Waals surface area contributed by atoms with Gasteiger partial charge in [-0.15, -0.1) is 11.3 Å². The van der Waals surface area contributed by atoms with Gasteiger partial charge in [-0.05, 0) is 18.6 Å². The monoisotopic (exact) mass is 382 g/mol. The first-order chi connectivity index (χ1) is 12.1. The number of thiophene rings is 1. The average molecular weight is 383 g/mol. The highest BCUT2D eigenvalue weighted by atomic mass is 35.5. The predicted octanol–water partition coefficient (Wildman–Crippen LogP) is 3.01. The van der Waals surface area contributed by atoms with Gasteiger partial charge in [-0.3, -0.25) is 9.69 Å². The Labute approximate surface area is 156 Å². The lowest BCUT2D eigenvalue weighted by Gasteiger charge is -2.34. The topological polar surface area (TPSA) is 62.5 Å². The van der Waals surface area contributed by atoms with E-state index in [0.717, 1.165) is 55.7 Å². The third kappa shape index (κ3) is 5.26. The number of rotatable bonds is 7. The zero-order chi connectivity index (χ0) is 17.6. The maximum atomic E-state index is 12.4. The number of carbonyl (C=O) groups is 1. The second kappa shape index (κ2) is 8.78. The van der Waals surface area contributed by atoms with E-state index >= 15 is 0 Å². The highest BCUT2D eigenvalue weighted by Crippen LogP contribution is 2.23. The zero-order valence-electron chi connectivity index (χ0n) is 14.4. The summed E-state index contributed by atoms with van der Waals surface area (Å²) in [6.45, 7) is 6.30. The lowest BCUT2D eigenvalue weighted by atomic mass is 10.2. The molecule has 1 amide bonds. The molecule has 136 valence electrons. The molecule has 0 unspecified atom stereocenters. The number of nitrogens with zero attached hydrogens (tertiary/aromatic N) is 4. The molecule has 1 aliphatic rings. The Balaban J connectivity index is 1.40. The van der Waals surface area contributed by atoms with Crippen molar-refractivity contribution in [1.82, 2.24) is 19.9 Å². The SMILES string of the molecule is CCCc1noc(CCC(=O)N2CCN(Cc3ccc(Cl)s3)CC2)n1. The van der Waals surface area contributed by atoms with Gasteiger partial charge >= 0.3 is 0 Å². The Morgan fingerprint density at radius 1 is 1.28 bits per heavy atom. The number of carbonyl (C=O) groups excluding carboxylic acids is 1. The molecule has 0 saturated carbocycles. The van der Waals surface area contributed by atoms with Gasteiger partial charge in [-0.1, -0.05) is 23.7 Å². The van der Waals surface area contributed by atoms with E-state index in [-0.39, 0.29) is 5.91 Å². The molecule has 0 N–H and O–H groups in total. The van der Waals surface area contributed by atoms with Crippen LogP contribution in [0.3, 0.4) is 0 Å². The molecule has 3 rings (SSSR count). The highest BCUT2D eigenvalue weighted by Gasteiger charge is 2.22. The quantitative estimate of drug-likeness (QED) is 0.736. The number of aromatic nitrogens is 2. The Hall–Kier alpha value is -1.44. The number of hydrogen-bond donors (Lipinski definition) is 0. The lowest BCUT2D eigenvalue weighted by molar-refractivity contribution is -0.133. The van der Waals surface area contributed by atoms with Crippen LogP contribution < -0.4 is 0 Å². The third-order valence-corrected chi connectivity index (χ3v) is 5.49. The second-order valence-corrected chi connectivity index (χ2v) is 8.02. The summed E-state index contributed by atoms with van der Waals surface area (Å²) in [5.74, 6) is 1.45. The van der Waals surface area contributed by atoms with Crippen molar-refractivity contribution in [2.24, 2.45) is 0 Å². The Morgan fingerprint density at radius 3 is 2.76 bits per heavy atom. The van der Waals surface area contributed by atoms with Crippen molar-refractivity contribution in [2.75, 3.05) is 26.2 Å². The van der Waals surface area contributed by atoms with Crippen LogP contribution in [0.4, 0.5) is 0 Å². The summed E-state index contributed by atoms with van der Waals surface area (Å²) >= 11 is 7.60. The van der Waals surface area contributed by atoms with E-state index in [9.17, 15) is 4.79 Å². The summed E-state index contributed by atoms with van der Waals surface area (Å²) in [6, 6.07) is 4.01. The largest absolute Gasteiger partial charge is 0.340 e. The Bertz CT molecular complexity index is 694. The van der Waals surface area contributed by atoms with Gasteiger partial charge in [-0.25, -0.2) is 0 Å². The maximum Gasteiger partial charge on any atom is 0.227 e. The van der Waals surface area contributed by atoms with Crippen LogP contribution in [-0.2, 0) is 24.2 Å². The number of hydrogen-bond acceptors (Lipinski definition) is 6. The molecule has 0 bridgehead atoms. The van der Waals surface area contributed by atoms with Crippen LogP contribution >= 0.6 is 22.9 Å². The van der Waals surface area contributed by atoms with Gasteiger partial charge in [0.15, 0.2) is 5.82 Å². The van der Waals surface area contributed by atoms with Gasteiger partial charge < -0.3 is 9.42 Å². The van der Waals surface area contributed by atoms with E-state index in [2.05, 4.69) is 28.0 Å². The van der Waals surface area contributed by atoms with Crippen molar-refractivity contribution in [3.05, 3.63) is 33.1 Å². The van der Waals surface area contributed by atoms with Crippen molar-refractivity contribution >= 4 is 28.8 Å². The number of aryl methyl sites for hydroxylation is 2. The minimum Gasteiger partial charge on any atom is -0.340 e. The minimum atomic E-state index is 0.161. The van der Waals surface area contributed by atoms with E-state index in [1.165, 1.54) is 4.88 Å². The number of amides is 1. The minimum absolute atomic E-state index is 0.161. The van der Waals surface area contributed by atoms with E-state index in [1.54, 1.807) is 11.3 Å². The zero-order valence-corrected chi connectivity index (χ0v) is 16.0. The fourth-order valence-electron chi connectivity index (χ4n) is 2.90. The fourth-order valence-corrected chi connectivity index (χ4v) is 4.03. The molecule has 1 saturated heterocycles. The van der Waals surface area contributed by atoms with Crippen LogP contribution in [0, 0.1) is 0 Å². The Morgan fingerprint density at radius 2 is 2.08 bits per heavy atom. The van der Waals surface area contributed by atoms with E-state index in [4.69, 9.17) is 16.1 Å². The molecular weight excluding hydrogens is 360 g/mol. The van der Waals surface area contributed by atoms with Crippen molar-refractivity contribution in [3.63, 3.8) is 0 Å². The third-order valence-electron chi connectivity index (χ3n) is 4.27. The number of piperazine rings is 1. The van der Waals surface area contributed by atoms with Crippen molar-refractivity contribution in [3.8, 4) is 0 Å². The van der Waals surface area contributed by atoms with Crippen LogP contribution in [0.25, 0.3) is 0 Å². The smallest absolute Gasteiger partial charge is 0.227 e. The van der Waals surface area contributed by atoms with E-state index < -0.39 is 0 Å². The van der Waals surface area contributed by atoms with Crippen LogP contribution in [-0.4, -0.2) is 52.0 Å². The van der Waals surface area contributed by atoms with E-state index in [0.29, 0.717) is 18.7 Å². The summed E-state index contributed by atoms with van der Waals surface area (Å²) < 4.78 is 6.02. The molecule has 0 radical (unpaired) electrons. The van der Waals surface area contributed by atoms with Gasteiger partial charge in [0.1, 0.15) is 0 Å². The molecule has 2 aromatic rings. The van der Waals surface area contributed by atoms with Crippen LogP contribution in [0.2, 0.25) is 4.34 Å². The average Bonchev–Trinajstić information content (AvgIpc) is 3.23. The van der Waals surface area contributed by atoms with Gasteiger partial charge in [0, 0.05) is 56.9 Å². The molecule has 0 atom stereocenters. The van der Waals surface area contributed by atoms with Crippen molar-refractivity contribution in [2.45, 2.75) is 39.2 Å². The highest BCUT2D eigenvalue weighted by molar-refractivity contribution is 7.16. The Kier molecular flexibility index (Phi) is 6.45. The molecule has 0 spiro atoms. The lowest BCUT2D eigenvalue weighted by Crippen LogP contribution is -2.48. The van der Waals surface area contributed by atoms with Crippen molar-refractivity contribution in [1.29, 1.82) is 0 Å². The summed E-state index contributed by atoms with van der Waals surface area (Å²) in [6.07, 6.45) is 2.74. The molecule has 3 heterocycles. The molecule has 6 nitrogen and oxygen atoms in total. The summed E-state index contributed by atoms with van der Waals surface area (Å²) in [7, 11) is 0. The van der Waals surface area contributed by atoms with Crippen LogP contribution in [0.15, 0.2) is 16.7 Å². The standard InChI is InChI=1S/C17H23ClN4O2S/c1-2-3-15-19-16(24-20-15)6-7-17(23)22-10-8-21(9-11-22)12-13-4-5-14(18)25-13/h4-5H,2-3,6-12H2,1H3. The first-order valence-corrected chi connectivity index (χ1v) is 9.89. The first kappa shape index (κ1) is 18.4. The van der Waals surface area contributed by atoms with Gasteiger partial charge in [-0.2, -0.15) is 4.98 Å². The summed E-state index contributed by atoms with van der Waals surface area (Å²) in [5.41, 5.74) is 0. The normalized spacial score (nSPS) is 15.7. The molecule has 0 aliphatic carbocycles. The molecule has 2 aromatic heterocycles.